The Morgan fingerprint density at radius 2 is 2.37 bits per heavy atom. The molecule has 0 spiro atoms. The van der Waals surface area contributed by atoms with Crippen molar-refractivity contribution in [3.05, 3.63) is 33.9 Å². The van der Waals surface area contributed by atoms with E-state index in [1.165, 1.54) is 16.2 Å². The quantitative estimate of drug-likeness (QED) is 0.592. The molecule has 19 heavy (non-hydrogen) atoms. The zero-order valence-electron chi connectivity index (χ0n) is 10.2. The van der Waals surface area contributed by atoms with Gasteiger partial charge in [0.15, 0.2) is 5.82 Å². The first-order valence-corrected chi connectivity index (χ1v) is 7.47. The molecule has 3 aromatic rings. The van der Waals surface area contributed by atoms with Crippen molar-refractivity contribution in [1.82, 2.24) is 15.0 Å². The third-order valence-corrected chi connectivity index (χ3v) is 4.44. The highest BCUT2D eigenvalue weighted by Gasteiger charge is 2.06. The Labute approximate surface area is 118 Å². The highest BCUT2D eigenvalue weighted by molar-refractivity contribution is 7.18. The van der Waals surface area contributed by atoms with Crippen molar-refractivity contribution in [2.75, 3.05) is 5.43 Å². The molecule has 0 radical (unpaired) electrons. The summed E-state index contributed by atoms with van der Waals surface area (Å²) in [6.07, 6.45) is 6.07. The van der Waals surface area contributed by atoms with Crippen LogP contribution in [0.4, 0.5) is 5.82 Å². The Morgan fingerprint density at radius 3 is 3.16 bits per heavy atom. The van der Waals surface area contributed by atoms with Crippen LogP contribution in [0.2, 0.25) is 0 Å². The molecule has 0 aliphatic rings. The lowest BCUT2D eigenvalue weighted by Crippen LogP contribution is -1.93. The molecule has 5 nitrogen and oxygen atoms in total. The lowest BCUT2D eigenvalue weighted by molar-refractivity contribution is 1.18. The summed E-state index contributed by atoms with van der Waals surface area (Å²) in [5.41, 5.74) is 4.74. The van der Waals surface area contributed by atoms with E-state index in [0.717, 1.165) is 27.3 Å². The van der Waals surface area contributed by atoms with Crippen LogP contribution >= 0.6 is 22.7 Å². The van der Waals surface area contributed by atoms with Gasteiger partial charge in [-0.15, -0.1) is 22.7 Å². The molecule has 0 saturated carbocycles. The van der Waals surface area contributed by atoms with Crippen molar-refractivity contribution in [2.24, 2.45) is 5.10 Å². The summed E-state index contributed by atoms with van der Waals surface area (Å²) < 4.78 is 0. The number of nitrogens with one attached hydrogen (secondary N) is 1. The topological polar surface area (TPSA) is 63.1 Å². The molecule has 3 rings (SSSR count). The number of anilines is 1. The van der Waals surface area contributed by atoms with Crippen LogP contribution in [0.3, 0.4) is 0 Å². The molecule has 96 valence electrons. The molecule has 0 atom stereocenters. The number of thiophene rings is 1. The van der Waals surface area contributed by atoms with Gasteiger partial charge in [-0.25, -0.2) is 9.97 Å². The molecular formula is C12H11N5S2. The van der Waals surface area contributed by atoms with Crippen LogP contribution < -0.4 is 5.43 Å². The Morgan fingerprint density at radius 1 is 1.42 bits per heavy atom. The number of fused-ring (bicyclic) bond motifs is 1. The summed E-state index contributed by atoms with van der Waals surface area (Å²) in [4.78, 5) is 15.8. The number of aryl methyl sites for hydroxylation is 1. The predicted octanol–water partition coefficient (Wildman–Crippen LogP) is 3.16. The van der Waals surface area contributed by atoms with Gasteiger partial charge in [0.25, 0.3) is 0 Å². The van der Waals surface area contributed by atoms with Gasteiger partial charge >= 0.3 is 0 Å². The van der Waals surface area contributed by atoms with Gasteiger partial charge in [-0.3, -0.25) is 10.4 Å². The number of thiazole rings is 1. The molecule has 1 N–H and O–H groups in total. The van der Waals surface area contributed by atoms with E-state index in [1.54, 1.807) is 35.6 Å². The third kappa shape index (κ3) is 2.61. The van der Waals surface area contributed by atoms with Gasteiger partial charge in [0.1, 0.15) is 11.2 Å². The Kier molecular flexibility index (Phi) is 3.47. The number of nitrogens with zero attached hydrogens (tertiary/aromatic N) is 4. The fraction of sp³-hybridized carbons (Fsp3) is 0.167. The second-order valence-electron chi connectivity index (χ2n) is 3.78. The van der Waals surface area contributed by atoms with Crippen molar-refractivity contribution < 1.29 is 0 Å². The zero-order valence-corrected chi connectivity index (χ0v) is 11.8. The van der Waals surface area contributed by atoms with Crippen molar-refractivity contribution in [3.8, 4) is 0 Å². The molecule has 0 aromatic carbocycles. The van der Waals surface area contributed by atoms with E-state index in [9.17, 15) is 0 Å². The summed E-state index contributed by atoms with van der Waals surface area (Å²) in [6, 6.07) is 2.12. The Balaban J connectivity index is 1.86. The number of rotatable bonds is 4. The molecular weight excluding hydrogens is 278 g/mol. The minimum atomic E-state index is 0.738. The molecule has 0 aliphatic carbocycles. The molecule has 0 bridgehead atoms. The van der Waals surface area contributed by atoms with Crippen LogP contribution in [0.1, 0.15) is 16.7 Å². The van der Waals surface area contributed by atoms with Crippen molar-refractivity contribution >= 4 is 44.9 Å². The molecule has 3 heterocycles. The fourth-order valence-electron chi connectivity index (χ4n) is 1.62. The average molecular weight is 289 g/mol. The molecule has 0 aliphatic heterocycles. The standard InChI is InChI=1S/C12H11N5S2/c1-2-8-3-10-11(14-6-15-12(10)19-8)17-16-5-9-4-13-7-18-9/h3-7H,2H2,1H3,(H,14,15,17). The number of hydrogen-bond acceptors (Lipinski definition) is 7. The van der Waals surface area contributed by atoms with Crippen molar-refractivity contribution in [1.29, 1.82) is 0 Å². The first kappa shape index (κ1) is 12.2. The lowest BCUT2D eigenvalue weighted by Gasteiger charge is -1.99. The summed E-state index contributed by atoms with van der Waals surface area (Å²) in [7, 11) is 0. The second-order valence-corrected chi connectivity index (χ2v) is 5.81. The number of aromatic nitrogens is 3. The number of hydrazone groups is 1. The fourth-order valence-corrected chi connectivity index (χ4v) is 3.03. The first-order chi connectivity index (χ1) is 9.36. The Hall–Kier alpha value is -1.86. The van der Waals surface area contributed by atoms with Gasteiger partial charge < -0.3 is 0 Å². The van der Waals surface area contributed by atoms with Crippen LogP contribution in [0.25, 0.3) is 10.2 Å². The highest BCUT2D eigenvalue weighted by Crippen LogP contribution is 2.28. The van der Waals surface area contributed by atoms with Crippen LogP contribution in [0.15, 0.2) is 29.2 Å². The molecule has 7 heteroatoms. The van der Waals surface area contributed by atoms with Crippen LogP contribution in [-0.2, 0) is 6.42 Å². The van der Waals surface area contributed by atoms with Crippen molar-refractivity contribution in [2.45, 2.75) is 13.3 Å². The average Bonchev–Trinajstić information content (AvgIpc) is 3.07. The monoisotopic (exact) mass is 289 g/mol. The maximum absolute atomic E-state index is 4.28. The largest absolute Gasteiger partial charge is 0.261 e. The maximum Gasteiger partial charge on any atom is 0.158 e. The van der Waals surface area contributed by atoms with Crippen LogP contribution in [0, 0.1) is 0 Å². The van der Waals surface area contributed by atoms with Gasteiger partial charge in [-0.1, -0.05) is 6.92 Å². The Bertz CT molecular complexity index is 702. The van der Waals surface area contributed by atoms with E-state index in [1.807, 2.05) is 0 Å². The second kappa shape index (κ2) is 5.41. The van der Waals surface area contributed by atoms with E-state index in [-0.39, 0.29) is 0 Å². The van der Waals surface area contributed by atoms with Gasteiger partial charge in [-0.05, 0) is 12.5 Å². The van der Waals surface area contributed by atoms with Gasteiger partial charge in [-0.2, -0.15) is 5.10 Å². The summed E-state index contributed by atoms with van der Waals surface area (Å²) >= 11 is 3.23. The summed E-state index contributed by atoms with van der Waals surface area (Å²) in [5, 5.41) is 5.20. The summed E-state index contributed by atoms with van der Waals surface area (Å²) in [6.45, 7) is 2.13. The van der Waals surface area contributed by atoms with Gasteiger partial charge in [0, 0.05) is 11.1 Å². The van der Waals surface area contributed by atoms with E-state index in [4.69, 9.17) is 0 Å². The van der Waals surface area contributed by atoms with Crippen molar-refractivity contribution in [3.63, 3.8) is 0 Å². The zero-order chi connectivity index (χ0) is 13.1. The minimum Gasteiger partial charge on any atom is -0.261 e. The van der Waals surface area contributed by atoms with E-state index in [0.29, 0.717) is 0 Å². The van der Waals surface area contributed by atoms with Gasteiger partial charge in [0.05, 0.1) is 22.0 Å². The predicted molar refractivity (Wildman–Crippen MR) is 80.1 cm³/mol. The summed E-state index contributed by atoms with van der Waals surface area (Å²) in [5.74, 6) is 0.738. The third-order valence-electron chi connectivity index (χ3n) is 2.54. The van der Waals surface area contributed by atoms with E-state index in [2.05, 4.69) is 38.5 Å². The maximum atomic E-state index is 4.28. The lowest BCUT2D eigenvalue weighted by atomic mass is 10.3. The SMILES string of the molecule is CCc1cc2c(NN=Cc3cncs3)ncnc2s1. The molecule has 0 saturated heterocycles. The van der Waals surface area contributed by atoms with E-state index >= 15 is 0 Å². The molecule has 3 aromatic heterocycles. The molecule has 0 fully saturated rings. The smallest absolute Gasteiger partial charge is 0.158 e. The first-order valence-electron chi connectivity index (χ1n) is 5.78. The molecule has 0 unspecified atom stereocenters. The van der Waals surface area contributed by atoms with Gasteiger partial charge in [0.2, 0.25) is 0 Å². The number of hydrogen-bond donors (Lipinski definition) is 1. The normalized spacial score (nSPS) is 11.4. The van der Waals surface area contributed by atoms with Crippen LogP contribution in [0.5, 0.6) is 0 Å². The minimum absolute atomic E-state index is 0.738. The highest BCUT2D eigenvalue weighted by atomic mass is 32.1. The molecule has 0 amide bonds. The van der Waals surface area contributed by atoms with Crippen LogP contribution in [-0.4, -0.2) is 21.2 Å². The van der Waals surface area contributed by atoms with E-state index < -0.39 is 0 Å².